The lowest BCUT2D eigenvalue weighted by molar-refractivity contribution is 0.627. The second-order valence-electron chi connectivity index (χ2n) is 7.69. The Labute approximate surface area is 199 Å². The van der Waals surface area contributed by atoms with Crippen LogP contribution in [0.3, 0.4) is 0 Å². The molecule has 0 bridgehead atoms. The summed E-state index contributed by atoms with van der Waals surface area (Å²) < 4.78 is 14.1. The third-order valence-electron chi connectivity index (χ3n) is 5.23. The summed E-state index contributed by atoms with van der Waals surface area (Å²) in [6.07, 6.45) is 0.957. The third kappa shape index (κ3) is 5.41. The predicted molar refractivity (Wildman–Crippen MR) is 138 cm³/mol. The molecule has 0 aliphatic heterocycles. The van der Waals surface area contributed by atoms with E-state index in [9.17, 15) is 4.39 Å². The van der Waals surface area contributed by atoms with Crippen LogP contribution in [0, 0.1) is 5.82 Å². The summed E-state index contributed by atoms with van der Waals surface area (Å²) in [4.78, 5) is 4.80. The molecule has 5 heteroatoms. The number of nitrogens with one attached hydrogen (secondary N) is 2. The lowest BCUT2D eigenvalue weighted by atomic mass is 10.0. The highest BCUT2D eigenvalue weighted by molar-refractivity contribution is 6.33. The lowest BCUT2D eigenvalue weighted by Crippen LogP contribution is -2.07. The Kier molecular flexibility index (Phi) is 7.06. The first-order valence-electron chi connectivity index (χ1n) is 10.9. The van der Waals surface area contributed by atoms with Gasteiger partial charge in [-0.2, -0.15) is 0 Å². The molecule has 0 aliphatic rings. The molecule has 33 heavy (non-hydrogen) atoms. The van der Waals surface area contributed by atoms with Crippen molar-refractivity contribution in [1.29, 1.82) is 0 Å². The summed E-state index contributed by atoms with van der Waals surface area (Å²) in [6.45, 7) is 7.03. The summed E-state index contributed by atoms with van der Waals surface area (Å²) in [5.41, 5.74) is 5.65. The van der Waals surface area contributed by atoms with Gasteiger partial charge in [0.25, 0.3) is 0 Å². The fraction of sp³-hybridized carbons (Fsp3) is 0.107. The van der Waals surface area contributed by atoms with E-state index in [0.717, 1.165) is 41.0 Å². The summed E-state index contributed by atoms with van der Waals surface area (Å²) in [7, 11) is 0. The minimum Gasteiger partial charge on any atom is -0.385 e. The molecule has 1 heterocycles. The second kappa shape index (κ2) is 10.3. The molecular weight excluding hydrogens is 433 g/mol. The van der Waals surface area contributed by atoms with E-state index in [1.165, 1.54) is 12.1 Å². The monoisotopic (exact) mass is 457 g/mol. The Hall–Kier alpha value is -3.63. The highest BCUT2D eigenvalue weighted by atomic mass is 35.5. The molecule has 1 aromatic heterocycles. The molecule has 0 spiro atoms. The maximum atomic E-state index is 14.1. The van der Waals surface area contributed by atoms with Gasteiger partial charge in [-0.15, -0.1) is 0 Å². The number of anilines is 2. The van der Waals surface area contributed by atoms with Crippen molar-refractivity contribution in [3.8, 4) is 22.4 Å². The molecule has 0 fully saturated rings. The predicted octanol–water partition coefficient (Wildman–Crippen LogP) is 8.11. The van der Waals surface area contributed by atoms with Crippen molar-refractivity contribution >= 4 is 28.8 Å². The van der Waals surface area contributed by atoms with E-state index in [-0.39, 0.29) is 5.82 Å². The number of pyridine rings is 1. The average Bonchev–Trinajstić information content (AvgIpc) is 2.84. The van der Waals surface area contributed by atoms with Crippen LogP contribution in [0.5, 0.6) is 0 Å². The Balaban J connectivity index is 1.75. The first-order valence-corrected chi connectivity index (χ1v) is 11.2. The third-order valence-corrected chi connectivity index (χ3v) is 5.56. The number of benzene rings is 3. The molecular formula is C28H25ClFN3. The zero-order valence-electron chi connectivity index (χ0n) is 18.4. The Morgan fingerprint density at radius 2 is 1.70 bits per heavy atom. The maximum absolute atomic E-state index is 14.1. The Morgan fingerprint density at radius 3 is 2.45 bits per heavy atom. The fourth-order valence-corrected chi connectivity index (χ4v) is 3.83. The molecule has 0 aliphatic carbocycles. The highest BCUT2D eigenvalue weighted by Crippen LogP contribution is 2.33. The molecule has 4 aromatic rings. The van der Waals surface area contributed by atoms with E-state index in [1.807, 2.05) is 66.7 Å². The average molecular weight is 458 g/mol. The van der Waals surface area contributed by atoms with E-state index in [1.54, 1.807) is 6.07 Å². The highest BCUT2D eigenvalue weighted by Gasteiger charge is 2.13. The van der Waals surface area contributed by atoms with Gasteiger partial charge in [-0.05, 0) is 53.9 Å². The zero-order valence-corrected chi connectivity index (χ0v) is 19.2. The Bertz CT molecular complexity index is 1270. The van der Waals surface area contributed by atoms with Crippen molar-refractivity contribution in [3.05, 3.63) is 108 Å². The Morgan fingerprint density at radius 1 is 0.939 bits per heavy atom. The summed E-state index contributed by atoms with van der Waals surface area (Å²) >= 11 is 6.47. The van der Waals surface area contributed by atoms with Crippen LogP contribution in [-0.4, -0.2) is 11.5 Å². The van der Waals surface area contributed by atoms with Crippen molar-refractivity contribution in [2.75, 3.05) is 17.2 Å². The number of hydrogen-bond donors (Lipinski definition) is 2. The van der Waals surface area contributed by atoms with Crippen LogP contribution in [0.4, 0.5) is 15.9 Å². The van der Waals surface area contributed by atoms with E-state index in [2.05, 4.69) is 24.1 Å². The number of halogens is 2. The summed E-state index contributed by atoms with van der Waals surface area (Å²) in [5.74, 6) is 0.278. The SMILES string of the molecule is C=C(Nc1cc(-c2ccccc2)cc(-c2ccccc2Cl)n1)c1cc(F)ccc1NCCC. The van der Waals surface area contributed by atoms with Gasteiger partial charge in [0.15, 0.2) is 0 Å². The quantitative estimate of drug-likeness (QED) is 0.280. The fourth-order valence-electron chi connectivity index (χ4n) is 3.60. The van der Waals surface area contributed by atoms with Gasteiger partial charge in [0, 0.05) is 34.1 Å². The first-order chi connectivity index (χ1) is 16.0. The van der Waals surface area contributed by atoms with E-state index >= 15 is 0 Å². The van der Waals surface area contributed by atoms with E-state index in [4.69, 9.17) is 16.6 Å². The van der Waals surface area contributed by atoms with Crippen molar-refractivity contribution in [2.45, 2.75) is 13.3 Å². The van der Waals surface area contributed by atoms with Crippen molar-refractivity contribution < 1.29 is 4.39 Å². The molecule has 0 saturated carbocycles. The van der Waals surface area contributed by atoms with Crippen LogP contribution in [0.1, 0.15) is 18.9 Å². The van der Waals surface area contributed by atoms with Gasteiger partial charge in [0.1, 0.15) is 11.6 Å². The van der Waals surface area contributed by atoms with Gasteiger partial charge >= 0.3 is 0 Å². The van der Waals surface area contributed by atoms with Crippen LogP contribution in [0.2, 0.25) is 5.02 Å². The summed E-state index contributed by atoms with van der Waals surface area (Å²) in [6, 6.07) is 26.3. The molecule has 4 rings (SSSR count). The van der Waals surface area contributed by atoms with Gasteiger partial charge in [0.05, 0.1) is 5.69 Å². The molecule has 0 atom stereocenters. The smallest absolute Gasteiger partial charge is 0.131 e. The van der Waals surface area contributed by atoms with Gasteiger partial charge < -0.3 is 10.6 Å². The van der Waals surface area contributed by atoms with Crippen molar-refractivity contribution in [2.24, 2.45) is 0 Å². The molecule has 0 radical (unpaired) electrons. The van der Waals surface area contributed by atoms with Gasteiger partial charge in [-0.25, -0.2) is 9.37 Å². The van der Waals surface area contributed by atoms with Crippen molar-refractivity contribution in [3.63, 3.8) is 0 Å². The van der Waals surface area contributed by atoms with Gasteiger partial charge in [-0.1, -0.05) is 73.6 Å². The molecule has 3 aromatic carbocycles. The number of rotatable bonds is 8. The maximum Gasteiger partial charge on any atom is 0.131 e. The standard InChI is InChI=1S/C28H25ClFN3/c1-3-15-31-26-14-13-22(30)18-24(26)19(2)32-28-17-21(20-9-5-4-6-10-20)16-27(33-28)23-11-7-8-12-25(23)29/h4-14,16-18,31H,2-3,15H2,1H3,(H,32,33). The van der Waals surface area contributed by atoms with Crippen LogP contribution in [-0.2, 0) is 0 Å². The normalized spacial score (nSPS) is 10.6. The van der Waals surface area contributed by atoms with Crippen LogP contribution >= 0.6 is 11.6 Å². The molecule has 0 amide bonds. The number of aromatic nitrogens is 1. The van der Waals surface area contributed by atoms with Gasteiger partial charge in [-0.3, -0.25) is 0 Å². The topological polar surface area (TPSA) is 37.0 Å². The molecule has 0 saturated heterocycles. The second-order valence-corrected chi connectivity index (χ2v) is 8.10. The van der Waals surface area contributed by atoms with Crippen LogP contribution in [0.15, 0.2) is 91.5 Å². The first kappa shape index (κ1) is 22.6. The summed E-state index contributed by atoms with van der Waals surface area (Å²) in [5, 5.41) is 7.24. The minimum absolute atomic E-state index is 0.322. The van der Waals surface area contributed by atoms with Crippen molar-refractivity contribution in [1.82, 2.24) is 4.98 Å². The molecule has 0 unspecified atom stereocenters. The molecule has 3 nitrogen and oxygen atoms in total. The largest absolute Gasteiger partial charge is 0.385 e. The van der Waals surface area contributed by atoms with E-state index < -0.39 is 0 Å². The lowest BCUT2D eigenvalue weighted by Gasteiger charge is -2.17. The number of hydrogen-bond acceptors (Lipinski definition) is 3. The zero-order chi connectivity index (χ0) is 23.2. The molecule has 166 valence electrons. The van der Waals surface area contributed by atoms with Crippen LogP contribution < -0.4 is 10.6 Å². The minimum atomic E-state index is -0.322. The number of nitrogens with zero attached hydrogens (tertiary/aromatic N) is 1. The van der Waals surface area contributed by atoms with Crippen LogP contribution in [0.25, 0.3) is 28.1 Å². The van der Waals surface area contributed by atoms with E-state index in [0.29, 0.717) is 22.1 Å². The van der Waals surface area contributed by atoms with Gasteiger partial charge in [0.2, 0.25) is 0 Å². The molecule has 2 N–H and O–H groups in total.